The summed E-state index contributed by atoms with van der Waals surface area (Å²) in [6.45, 7) is 0.216. The number of carbonyl (C=O) groups is 3. The molecule has 0 aliphatic carbocycles. The predicted octanol–water partition coefficient (Wildman–Crippen LogP) is 6.65. The lowest BCUT2D eigenvalue weighted by atomic mass is 10.1. The first kappa shape index (κ1) is 24.3. The van der Waals surface area contributed by atoms with Crippen LogP contribution >= 0.6 is 50.7 Å². The van der Waals surface area contributed by atoms with Crippen LogP contribution in [0.4, 0.5) is 10.5 Å². The van der Waals surface area contributed by atoms with Crippen molar-refractivity contribution in [1.82, 2.24) is 5.32 Å². The van der Waals surface area contributed by atoms with E-state index in [0.717, 1.165) is 10.5 Å². The number of carbonyl (C=O) groups excluding carboxylic acids is 3. The molecule has 0 aromatic heterocycles. The van der Waals surface area contributed by atoms with Gasteiger partial charge in [0.1, 0.15) is 17.9 Å². The highest BCUT2D eigenvalue weighted by atomic mass is 79.9. The molecule has 0 radical (unpaired) electrons. The molecule has 1 N–H and O–H groups in total. The first-order valence-electron chi connectivity index (χ1n) is 9.76. The number of urea groups is 1. The molecular formula is C24H14BrCl3N2O4. The van der Waals surface area contributed by atoms with E-state index in [0.29, 0.717) is 30.9 Å². The summed E-state index contributed by atoms with van der Waals surface area (Å²) < 4.78 is 6.42. The summed E-state index contributed by atoms with van der Waals surface area (Å²) in [6, 6.07) is 15.5. The highest BCUT2D eigenvalue weighted by Gasteiger charge is 2.36. The third-order valence-electron chi connectivity index (χ3n) is 4.85. The highest BCUT2D eigenvalue weighted by Crippen LogP contribution is 2.30. The van der Waals surface area contributed by atoms with Crippen LogP contribution in [0.1, 0.15) is 11.1 Å². The van der Waals surface area contributed by atoms with Gasteiger partial charge < -0.3 is 4.74 Å². The molecule has 1 heterocycles. The zero-order valence-electron chi connectivity index (χ0n) is 17.2. The van der Waals surface area contributed by atoms with E-state index in [1.54, 1.807) is 48.5 Å². The van der Waals surface area contributed by atoms with Crippen molar-refractivity contribution in [2.45, 2.75) is 6.61 Å². The Kier molecular flexibility index (Phi) is 7.28. The van der Waals surface area contributed by atoms with Gasteiger partial charge in [0.15, 0.2) is 0 Å². The maximum absolute atomic E-state index is 13.0. The van der Waals surface area contributed by atoms with Gasteiger partial charge in [0, 0.05) is 20.6 Å². The summed E-state index contributed by atoms with van der Waals surface area (Å²) in [5.74, 6) is -0.996. The molecule has 0 atom stereocenters. The van der Waals surface area contributed by atoms with Crippen LogP contribution in [0.2, 0.25) is 15.1 Å². The van der Waals surface area contributed by atoms with Crippen molar-refractivity contribution in [2.24, 2.45) is 0 Å². The molecule has 4 rings (SSSR count). The van der Waals surface area contributed by atoms with Crippen LogP contribution in [0.25, 0.3) is 6.08 Å². The van der Waals surface area contributed by atoms with E-state index in [1.807, 2.05) is 0 Å². The quantitative estimate of drug-likeness (QED) is 0.271. The molecule has 1 aliphatic rings. The Labute approximate surface area is 218 Å². The van der Waals surface area contributed by atoms with Crippen LogP contribution < -0.4 is 15.0 Å². The third-order valence-corrected chi connectivity index (χ3v) is 6.31. The van der Waals surface area contributed by atoms with Crippen LogP contribution in [-0.2, 0) is 16.2 Å². The largest absolute Gasteiger partial charge is 0.488 e. The molecule has 0 bridgehead atoms. The predicted molar refractivity (Wildman–Crippen MR) is 135 cm³/mol. The molecule has 0 unspecified atom stereocenters. The number of hydrogen-bond acceptors (Lipinski definition) is 4. The summed E-state index contributed by atoms with van der Waals surface area (Å²) in [6.07, 6.45) is 1.40. The molecule has 3 aromatic carbocycles. The highest BCUT2D eigenvalue weighted by molar-refractivity contribution is 9.10. The Morgan fingerprint density at radius 1 is 0.912 bits per heavy atom. The van der Waals surface area contributed by atoms with Crippen molar-refractivity contribution in [3.8, 4) is 5.75 Å². The van der Waals surface area contributed by atoms with Gasteiger partial charge in [-0.15, -0.1) is 0 Å². The Morgan fingerprint density at radius 2 is 1.62 bits per heavy atom. The van der Waals surface area contributed by atoms with Gasteiger partial charge in [-0.1, -0.05) is 46.9 Å². The minimum absolute atomic E-state index is 0.192. The molecule has 4 amide bonds. The first-order valence-corrected chi connectivity index (χ1v) is 11.7. The van der Waals surface area contributed by atoms with Gasteiger partial charge >= 0.3 is 6.03 Å². The number of hydrogen-bond donors (Lipinski definition) is 1. The van der Waals surface area contributed by atoms with Crippen LogP contribution in [0.15, 0.2) is 70.7 Å². The van der Waals surface area contributed by atoms with E-state index in [2.05, 4.69) is 21.2 Å². The van der Waals surface area contributed by atoms with E-state index in [4.69, 9.17) is 39.5 Å². The minimum Gasteiger partial charge on any atom is -0.488 e. The van der Waals surface area contributed by atoms with Crippen LogP contribution in [-0.4, -0.2) is 17.8 Å². The number of nitrogens with zero attached hydrogens (tertiary/aromatic N) is 1. The number of halogens is 4. The molecule has 1 fully saturated rings. The molecule has 172 valence electrons. The van der Waals surface area contributed by atoms with Gasteiger partial charge in [-0.25, -0.2) is 9.69 Å². The van der Waals surface area contributed by atoms with E-state index < -0.39 is 17.8 Å². The normalized spacial score (nSPS) is 15.0. The fourth-order valence-electron chi connectivity index (χ4n) is 3.17. The molecule has 3 aromatic rings. The van der Waals surface area contributed by atoms with Gasteiger partial charge in [-0.2, -0.15) is 0 Å². The smallest absolute Gasteiger partial charge is 0.335 e. The Hall–Kier alpha value is -2.84. The van der Waals surface area contributed by atoms with E-state index >= 15 is 0 Å². The number of barbiturate groups is 1. The van der Waals surface area contributed by atoms with Crippen LogP contribution in [0.3, 0.4) is 0 Å². The number of amides is 4. The van der Waals surface area contributed by atoms with Crippen LogP contribution in [0.5, 0.6) is 5.75 Å². The number of nitrogens with one attached hydrogen (secondary N) is 1. The SMILES string of the molecule is O=C1NC(=O)N(c2ccc(Cl)cc2)C(=O)/C1=C/c1ccc(OCc2ccc(Cl)cc2Cl)c(Br)c1. The lowest BCUT2D eigenvalue weighted by Gasteiger charge is -2.26. The summed E-state index contributed by atoms with van der Waals surface area (Å²) in [5.41, 5.74) is 1.41. The Morgan fingerprint density at radius 3 is 2.29 bits per heavy atom. The molecule has 0 saturated carbocycles. The van der Waals surface area contributed by atoms with E-state index in [9.17, 15) is 14.4 Å². The number of ether oxygens (including phenoxy) is 1. The molecule has 1 aliphatic heterocycles. The lowest BCUT2D eigenvalue weighted by molar-refractivity contribution is -0.122. The van der Waals surface area contributed by atoms with E-state index in [-0.39, 0.29) is 17.9 Å². The van der Waals surface area contributed by atoms with Gasteiger partial charge in [0.25, 0.3) is 11.8 Å². The molecule has 0 spiro atoms. The maximum atomic E-state index is 13.0. The molecule has 6 nitrogen and oxygen atoms in total. The van der Waals surface area contributed by atoms with E-state index in [1.165, 1.54) is 18.2 Å². The number of anilines is 1. The molecule has 34 heavy (non-hydrogen) atoms. The second-order valence-electron chi connectivity index (χ2n) is 7.15. The zero-order valence-corrected chi connectivity index (χ0v) is 21.0. The van der Waals surface area contributed by atoms with Crippen molar-refractivity contribution in [3.63, 3.8) is 0 Å². The fraction of sp³-hybridized carbons (Fsp3) is 0.0417. The Bertz CT molecular complexity index is 1340. The summed E-state index contributed by atoms with van der Waals surface area (Å²) in [5, 5.41) is 3.66. The summed E-state index contributed by atoms with van der Waals surface area (Å²) >= 11 is 21.4. The standard InChI is InChI=1S/C24H14BrCl3N2O4/c25-19-10-13(1-8-21(19)34-12-14-2-3-16(27)11-20(14)28)9-18-22(31)29-24(33)30(23(18)32)17-6-4-15(26)5-7-17/h1-11H,12H2,(H,29,31,33)/b18-9+. The molecular weight excluding hydrogens is 567 g/mol. The fourth-order valence-corrected chi connectivity index (χ4v) is 4.27. The van der Waals surface area contributed by atoms with Crippen molar-refractivity contribution in [1.29, 1.82) is 0 Å². The topological polar surface area (TPSA) is 75.7 Å². The van der Waals surface area contributed by atoms with Gasteiger partial charge in [0.2, 0.25) is 0 Å². The van der Waals surface area contributed by atoms with Crippen molar-refractivity contribution >= 4 is 80.3 Å². The van der Waals surface area contributed by atoms with Gasteiger partial charge in [-0.05, 0) is 76.1 Å². The molecule has 10 heteroatoms. The monoisotopic (exact) mass is 578 g/mol. The molecule has 1 saturated heterocycles. The number of rotatable bonds is 5. The number of imide groups is 2. The second kappa shape index (κ2) is 10.2. The van der Waals surface area contributed by atoms with Crippen molar-refractivity contribution in [3.05, 3.63) is 96.9 Å². The van der Waals surface area contributed by atoms with Crippen molar-refractivity contribution < 1.29 is 19.1 Å². The summed E-state index contributed by atoms with van der Waals surface area (Å²) in [7, 11) is 0. The van der Waals surface area contributed by atoms with Crippen LogP contribution in [0, 0.1) is 0 Å². The first-order chi connectivity index (χ1) is 16.2. The second-order valence-corrected chi connectivity index (χ2v) is 9.28. The van der Waals surface area contributed by atoms with Crippen molar-refractivity contribution in [2.75, 3.05) is 4.90 Å². The summed E-state index contributed by atoms with van der Waals surface area (Å²) in [4.78, 5) is 38.6. The Balaban J connectivity index is 1.55. The number of benzene rings is 3. The lowest BCUT2D eigenvalue weighted by Crippen LogP contribution is -2.54. The maximum Gasteiger partial charge on any atom is 0.335 e. The minimum atomic E-state index is -0.833. The average molecular weight is 581 g/mol. The van der Waals surface area contributed by atoms with Gasteiger partial charge in [0.05, 0.1) is 10.2 Å². The van der Waals surface area contributed by atoms with Gasteiger partial charge in [-0.3, -0.25) is 14.9 Å². The zero-order chi connectivity index (χ0) is 24.4. The third kappa shape index (κ3) is 5.28. The average Bonchev–Trinajstić information content (AvgIpc) is 2.78.